The molecule has 1 aliphatic carbocycles. The number of hydrogen-bond donors (Lipinski definition) is 1. The van der Waals surface area contributed by atoms with Gasteiger partial charge in [0.2, 0.25) is 11.8 Å². The zero-order chi connectivity index (χ0) is 45.3. The van der Waals surface area contributed by atoms with Gasteiger partial charge in [-0.05, 0) is 98.6 Å². The molecular formula is C45H50Cl2F6N4O6. The number of likely N-dealkylation sites (N-methyl/N-ethyl adjacent to an activating group) is 1. The second kappa shape index (κ2) is 18.9. The fourth-order valence-corrected chi connectivity index (χ4v) is 9.84. The number of aliphatic hydroxyl groups excluding tert-OH is 1. The molecule has 3 heterocycles. The number of amides is 3. The number of fused-ring (bicyclic) bond motifs is 2. The van der Waals surface area contributed by atoms with Crippen LogP contribution in [0.15, 0.2) is 60.7 Å². The molecule has 3 aliphatic heterocycles. The van der Waals surface area contributed by atoms with Crippen molar-refractivity contribution in [3.05, 3.63) is 104 Å². The van der Waals surface area contributed by atoms with Crippen LogP contribution in [0.2, 0.25) is 10.0 Å². The van der Waals surface area contributed by atoms with Crippen LogP contribution in [0.5, 0.6) is 0 Å². The van der Waals surface area contributed by atoms with Crippen molar-refractivity contribution >= 4 is 40.9 Å². The smallest absolute Gasteiger partial charge is 0.391 e. The van der Waals surface area contributed by atoms with Gasteiger partial charge in [0.05, 0.1) is 46.5 Å². The molecule has 3 atom stereocenters. The number of morpholine rings is 1. The van der Waals surface area contributed by atoms with E-state index in [-0.39, 0.29) is 72.2 Å². The molecule has 1 spiro atoms. The fraction of sp³-hybridized carbons (Fsp3) is 0.533. The Hall–Kier alpha value is -3.93. The Morgan fingerprint density at radius 3 is 2.25 bits per heavy atom. The first-order valence-electron chi connectivity index (χ1n) is 21.1. The SMILES string of the molecule is CN(CCCC(=O)N1CC[C@H](O)C1)C(=O)CO[C@H]1Cc2ccccc2C12CCN(CC[C@@]1(c3ccc(Cl)c(Cl)c3)CN(C(=O)c3cc(C(F)(F)F)cc(C(F)(F)F)c3)CCO1)CC2. The Kier molecular flexibility index (Phi) is 14.1. The summed E-state index contributed by atoms with van der Waals surface area (Å²) in [6, 6.07) is 13.9. The summed E-state index contributed by atoms with van der Waals surface area (Å²) in [4.78, 5) is 46.4. The maximum Gasteiger partial charge on any atom is 0.416 e. The van der Waals surface area contributed by atoms with E-state index >= 15 is 0 Å². The number of aliphatic hydroxyl groups is 1. The molecule has 1 N–H and O–H groups in total. The standard InChI is InChI=1S/C45H50Cl2F6N4O6/c1-54(14-4-7-39(59)56-15-10-34(58)26-56)40(60)27-62-38-23-29-5-2-3-6-35(29)42(38)11-16-55(17-12-42)18-13-43(31-8-9-36(46)37(47)25-31)28-57(19-20-63-43)41(61)30-21-32(44(48,49)50)24-33(22-30)45(51,52)53/h2-3,5-6,8-9,21-22,24-25,34,38,58H,4,7,10-20,23,26-28H2,1H3/t34-,38-,43-/m0/s1. The topological polar surface area (TPSA) is 103 Å². The molecule has 0 radical (unpaired) electrons. The fourth-order valence-electron chi connectivity index (χ4n) is 9.55. The van der Waals surface area contributed by atoms with Gasteiger partial charge in [0, 0.05) is 57.2 Å². The molecule has 0 saturated carbocycles. The summed E-state index contributed by atoms with van der Waals surface area (Å²) in [5.74, 6) is -1.22. The number of ether oxygens (including phenoxy) is 2. The molecule has 342 valence electrons. The van der Waals surface area contributed by atoms with Crippen molar-refractivity contribution in [1.82, 2.24) is 19.6 Å². The van der Waals surface area contributed by atoms with Crippen LogP contribution < -0.4 is 0 Å². The van der Waals surface area contributed by atoms with Crippen molar-refractivity contribution in [3.8, 4) is 0 Å². The number of β-amino-alcohol motifs (C(OH)–C–C–N with tert-alkyl or cyclic N) is 1. The summed E-state index contributed by atoms with van der Waals surface area (Å²) < 4.78 is 95.4. The Bertz CT molecular complexity index is 2140. The van der Waals surface area contributed by atoms with Gasteiger partial charge >= 0.3 is 12.4 Å². The molecule has 0 unspecified atom stereocenters. The van der Waals surface area contributed by atoms with Gasteiger partial charge in [-0.25, -0.2) is 0 Å². The molecule has 3 aromatic rings. The van der Waals surface area contributed by atoms with Gasteiger partial charge in [0.1, 0.15) is 12.2 Å². The van der Waals surface area contributed by atoms with Crippen molar-refractivity contribution in [2.75, 3.05) is 72.6 Å². The molecule has 0 bridgehead atoms. The number of alkyl halides is 6. The number of carbonyl (C=O) groups is 3. The summed E-state index contributed by atoms with van der Waals surface area (Å²) in [7, 11) is 1.69. The first-order chi connectivity index (χ1) is 29.8. The minimum absolute atomic E-state index is 0.00612. The van der Waals surface area contributed by atoms with Gasteiger partial charge in [-0.15, -0.1) is 0 Å². The minimum atomic E-state index is -5.12. The summed E-state index contributed by atoms with van der Waals surface area (Å²) in [6.07, 6.45) is -7.32. The lowest BCUT2D eigenvalue weighted by Crippen LogP contribution is -2.54. The quantitative estimate of drug-likeness (QED) is 0.187. The van der Waals surface area contributed by atoms with E-state index in [0.29, 0.717) is 95.5 Å². The van der Waals surface area contributed by atoms with Crippen molar-refractivity contribution in [3.63, 3.8) is 0 Å². The van der Waals surface area contributed by atoms with Gasteiger partial charge in [0.15, 0.2) is 0 Å². The maximum atomic E-state index is 13.9. The number of piperidine rings is 1. The van der Waals surface area contributed by atoms with E-state index in [1.165, 1.54) is 10.5 Å². The van der Waals surface area contributed by atoms with E-state index < -0.39 is 46.7 Å². The molecule has 18 heteroatoms. The van der Waals surface area contributed by atoms with Crippen LogP contribution in [0.1, 0.15) is 76.7 Å². The van der Waals surface area contributed by atoms with Crippen LogP contribution in [-0.4, -0.2) is 127 Å². The van der Waals surface area contributed by atoms with E-state index in [2.05, 4.69) is 17.0 Å². The predicted octanol–water partition coefficient (Wildman–Crippen LogP) is 7.60. The average Bonchev–Trinajstić information content (AvgIpc) is 3.83. The zero-order valence-corrected chi connectivity index (χ0v) is 36.3. The van der Waals surface area contributed by atoms with Crippen LogP contribution in [0.25, 0.3) is 0 Å². The average molecular weight is 928 g/mol. The summed E-state index contributed by atoms with van der Waals surface area (Å²) in [5.41, 5.74) is -2.62. The summed E-state index contributed by atoms with van der Waals surface area (Å²) in [5, 5.41) is 10.2. The van der Waals surface area contributed by atoms with Crippen molar-refractivity contribution in [1.29, 1.82) is 0 Å². The highest BCUT2D eigenvalue weighted by Gasteiger charge is 2.50. The number of likely N-dealkylation sites (tertiary alicyclic amines) is 2. The number of hydrogen-bond acceptors (Lipinski definition) is 7. The number of nitrogens with zero attached hydrogens (tertiary/aromatic N) is 4. The van der Waals surface area contributed by atoms with Crippen LogP contribution in [0, 0.1) is 0 Å². The lowest BCUT2D eigenvalue weighted by atomic mass is 9.72. The molecule has 7 rings (SSSR count). The van der Waals surface area contributed by atoms with Crippen LogP contribution >= 0.6 is 23.2 Å². The van der Waals surface area contributed by atoms with Gasteiger partial charge in [-0.2, -0.15) is 26.3 Å². The lowest BCUT2D eigenvalue weighted by Gasteiger charge is -2.46. The maximum absolute atomic E-state index is 13.9. The number of rotatable bonds is 12. The number of benzene rings is 3. The van der Waals surface area contributed by atoms with Gasteiger partial charge in [-0.3, -0.25) is 14.4 Å². The normalized spacial score (nSPS) is 22.7. The highest BCUT2D eigenvalue weighted by atomic mass is 35.5. The van der Waals surface area contributed by atoms with Gasteiger partial charge in [-0.1, -0.05) is 53.5 Å². The van der Waals surface area contributed by atoms with Gasteiger partial charge in [0.25, 0.3) is 5.91 Å². The Morgan fingerprint density at radius 1 is 0.905 bits per heavy atom. The largest absolute Gasteiger partial charge is 0.416 e. The predicted molar refractivity (Wildman–Crippen MR) is 222 cm³/mol. The Labute approximate surface area is 372 Å². The molecule has 3 amide bonds. The Morgan fingerprint density at radius 2 is 1.60 bits per heavy atom. The summed E-state index contributed by atoms with van der Waals surface area (Å²) >= 11 is 12.7. The van der Waals surface area contributed by atoms with Crippen molar-refractivity contribution < 1.29 is 55.3 Å². The molecule has 3 saturated heterocycles. The Balaban J connectivity index is 1.02. The van der Waals surface area contributed by atoms with E-state index in [4.69, 9.17) is 32.7 Å². The number of carbonyl (C=O) groups excluding carboxylic acids is 3. The molecule has 3 fully saturated rings. The molecule has 10 nitrogen and oxygen atoms in total. The van der Waals surface area contributed by atoms with E-state index in [0.717, 1.165) is 5.56 Å². The first kappa shape index (κ1) is 47.0. The summed E-state index contributed by atoms with van der Waals surface area (Å²) in [6.45, 7) is 2.57. The highest BCUT2D eigenvalue weighted by Crippen LogP contribution is 2.48. The molecule has 3 aromatic carbocycles. The van der Waals surface area contributed by atoms with E-state index in [9.17, 15) is 45.8 Å². The van der Waals surface area contributed by atoms with Crippen molar-refractivity contribution in [2.24, 2.45) is 0 Å². The monoisotopic (exact) mass is 926 g/mol. The third-order valence-electron chi connectivity index (χ3n) is 13.1. The van der Waals surface area contributed by atoms with Crippen molar-refractivity contribution in [2.45, 2.75) is 80.5 Å². The highest BCUT2D eigenvalue weighted by molar-refractivity contribution is 6.42. The molecule has 0 aromatic heterocycles. The minimum Gasteiger partial charge on any atom is -0.391 e. The first-order valence-corrected chi connectivity index (χ1v) is 21.8. The molecule has 63 heavy (non-hydrogen) atoms. The lowest BCUT2D eigenvalue weighted by molar-refractivity contribution is -0.143. The van der Waals surface area contributed by atoms with Crippen LogP contribution in [0.4, 0.5) is 26.3 Å². The zero-order valence-electron chi connectivity index (χ0n) is 34.8. The van der Waals surface area contributed by atoms with Crippen LogP contribution in [0.3, 0.4) is 0 Å². The second-order valence-electron chi connectivity index (χ2n) is 17.1. The second-order valence-corrected chi connectivity index (χ2v) is 17.9. The third-order valence-corrected chi connectivity index (χ3v) is 13.9. The number of halogens is 8. The van der Waals surface area contributed by atoms with E-state index in [1.54, 1.807) is 35.0 Å². The van der Waals surface area contributed by atoms with Crippen LogP contribution in [-0.2, 0) is 48.9 Å². The molecular weight excluding hydrogens is 877 g/mol. The van der Waals surface area contributed by atoms with Gasteiger partial charge < -0.3 is 34.2 Å². The van der Waals surface area contributed by atoms with E-state index in [1.807, 2.05) is 12.1 Å². The third kappa shape index (κ3) is 10.5. The molecule has 4 aliphatic rings.